The van der Waals surface area contributed by atoms with Gasteiger partial charge in [-0.1, -0.05) is 30.3 Å². The number of anilines is 1. The van der Waals surface area contributed by atoms with E-state index >= 15 is 0 Å². The Hall–Kier alpha value is -4.33. The first kappa shape index (κ1) is 21.4. The minimum absolute atomic E-state index is 0.0575. The second-order valence-electron chi connectivity index (χ2n) is 6.74. The fourth-order valence-corrected chi connectivity index (χ4v) is 2.87. The molecule has 0 aliphatic heterocycles. The zero-order chi connectivity index (χ0) is 22.4. The van der Waals surface area contributed by atoms with Crippen molar-refractivity contribution in [2.24, 2.45) is 0 Å². The van der Waals surface area contributed by atoms with Crippen molar-refractivity contribution in [2.75, 3.05) is 5.73 Å². The van der Waals surface area contributed by atoms with Crippen molar-refractivity contribution in [3.05, 3.63) is 89.5 Å². The number of rotatable bonds is 7. The zero-order valence-corrected chi connectivity index (χ0v) is 16.3. The zero-order valence-electron chi connectivity index (χ0n) is 16.3. The van der Waals surface area contributed by atoms with Crippen LogP contribution in [0.25, 0.3) is 0 Å². The number of carboxylic acid groups (broad SMARTS) is 1. The number of hydrogen-bond acceptors (Lipinski definition) is 6. The fraction of sp³-hybridized carbons (Fsp3) is 0.0870. The molecule has 31 heavy (non-hydrogen) atoms. The third-order valence-electron chi connectivity index (χ3n) is 4.45. The molecule has 1 atom stereocenters. The maximum atomic E-state index is 12.9. The number of phenols is 1. The maximum absolute atomic E-state index is 12.9. The summed E-state index contributed by atoms with van der Waals surface area (Å²) >= 11 is 0. The molecule has 0 spiro atoms. The van der Waals surface area contributed by atoms with E-state index in [4.69, 9.17) is 10.5 Å². The van der Waals surface area contributed by atoms with E-state index in [1.165, 1.54) is 30.3 Å². The second kappa shape index (κ2) is 9.45. The van der Waals surface area contributed by atoms with Crippen LogP contribution in [-0.4, -0.2) is 34.1 Å². The van der Waals surface area contributed by atoms with Gasteiger partial charge in [-0.25, -0.2) is 9.59 Å². The molecule has 1 unspecified atom stereocenters. The van der Waals surface area contributed by atoms with E-state index < -0.39 is 23.9 Å². The first-order valence-corrected chi connectivity index (χ1v) is 9.32. The number of esters is 1. The Morgan fingerprint density at radius 2 is 1.65 bits per heavy atom. The van der Waals surface area contributed by atoms with E-state index in [-0.39, 0.29) is 29.2 Å². The predicted molar refractivity (Wildman–Crippen MR) is 113 cm³/mol. The van der Waals surface area contributed by atoms with Gasteiger partial charge in [0.1, 0.15) is 23.1 Å². The molecule has 1 amide bonds. The van der Waals surface area contributed by atoms with Crippen LogP contribution in [0.4, 0.5) is 5.69 Å². The summed E-state index contributed by atoms with van der Waals surface area (Å²) in [4.78, 5) is 37.0. The van der Waals surface area contributed by atoms with E-state index in [1.807, 2.05) is 0 Å². The number of carbonyl (C=O) groups excluding carboxylic acids is 2. The second-order valence-corrected chi connectivity index (χ2v) is 6.74. The Morgan fingerprint density at radius 3 is 2.29 bits per heavy atom. The number of aromatic carboxylic acids is 1. The molecule has 3 aromatic carbocycles. The lowest BCUT2D eigenvalue weighted by atomic mass is 10.0. The highest BCUT2D eigenvalue weighted by Gasteiger charge is 2.26. The number of nitrogens with two attached hydrogens (primary N) is 1. The number of benzene rings is 3. The van der Waals surface area contributed by atoms with Crippen molar-refractivity contribution in [1.82, 2.24) is 5.32 Å². The third-order valence-corrected chi connectivity index (χ3v) is 4.45. The van der Waals surface area contributed by atoms with Crippen LogP contribution >= 0.6 is 0 Å². The van der Waals surface area contributed by atoms with E-state index in [2.05, 4.69) is 5.32 Å². The monoisotopic (exact) mass is 420 g/mol. The molecule has 0 radical (unpaired) electrons. The van der Waals surface area contributed by atoms with Crippen molar-refractivity contribution in [1.29, 1.82) is 0 Å². The van der Waals surface area contributed by atoms with E-state index in [1.54, 1.807) is 42.5 Å². The molecule has 0 heterocycles. The Labute approximate surface area is 177 Å². The number of phenolic OH excluding ortho intramolecular Hbond substituents is 1. The van der Waals surface area contributed by atoms with Crippen molar-refractivity contribution in [3.63, 3.8) is 0 Å². The normalized spacial score (nSPS) is 11.4. The number of ether oxygens (including phenoxy) is 1. The van der Waals surface area contributed by atoms with Crippen molar-refractivity contribution in [3.8, 4) is 11.5 Å². The van der Waals surface area contributed by atoms with Crippen molar-refractivity contribution < 1.29 is 29.3 Å². The molecule has 5 N–H and O–H groups in total. The molecule has 8 heteroatoms. The molecule has 0 bridgehead atoms. The van der Waals surface area contributed by atoms with Crippen LogP contribution in [0, 0.1) is 0 Å². The van der Waals surface area contributed by atoms with Crippen LogP contribution in [0.5, 0.6) is 11.5 Å². The molecular formula is C23H20N2O6. The van der Waals surface area contributed by atoms with Gasteiger partial charge >= 0.3 is 11.9 Å². The quantitative estimate of drug-likeness (QED) is 0.262. The Morgan fingerprint density at radius 1 is 0.968 bits per heavy atom. The summed E-state index contributed by atoms with van der Waals surface area (Å²) in [5, 5.41) is 21.4. The summed E-state index contributed by atoms with van der Waals surface area (Å²) in [5.74, 6) is -2.80. The van der Waals surface area contributed by atoms with E-state index in [0.29, 0.717) is 11.1 Å². The lowest BCUT2D eigenvalue weighted by molar-refractivity contribution is -0.136. The number of carboxylic acids is 1. The molecule has 0 fully saturated rings. The highest BCUT2D eigenvalue weighted by molar-refractivity contribution is 5.97. The first-order valence-electron chi connectivity index (χ1n) is 9.32. The highest BCUT2D eigenvalue weighted by Crippen LogP contribution is 2.23. The predicted octanol–water partition coefficient (Wildman–Crippen LogP) is 2.62. The van der Waals surface area contributed by atoms with Gasteiger partial charge in [0.05, 0.1) is 0 Å². The smallest absolute Gasteiger partial charge is 0.339 e. The van der Waals surface area contributed by atoms with Gasteiger partial charge in [0.2, 0.25) is 0 Å². The SMILES string of the molecule is Nc1ccc(C(=O)O)c(OC(=O)C(Cc2ccc(O)cc2)NC(=O)c2ccccc2)c1. The van der Waals surface area contributed by atoms with Gasteiger partial charge in [0, 0.05) is 23.7 Å². The van der Waals surface area contributed by atoms with Crippen LogP contribution in [-0.2, 0) is 11.2 Å². The van der Waals surface area contributed by atoms with Crippen LogP contribution in [0.15, 0.2) is 72.8 Å². The summed E-state index contributed by atoms with van der Waals surface area (Å²) in [5.41, 5.74) is 6.68. The van der Waals surface area contributed by atoms with Gasteiger partial charge in [-0.2, -0.15) is 0 Å². The largest absolute Gasteiger partial charge is 0.508 e. The minimum Gasteiger partial charge on any atom is -0.508 e. The molecule has 0 aromatic heterocycles. The minimum atomic E-state index is -1.29. The molecule has 3 aromatic rings. The Balaban J connectivity index is 1.87. The van der Waals surface area contributed by atoms with Crippen LogP contribution in [0.1, 0.15) is 26.3 Å². The topological polar surface area (TPSA) is 139 Å². The molecule has 0 aliphatic rings. The van der Waals surface area contributed by atoms with Crippen LogP contribution < -0.4 is 15.8 Å². The van der Waals surface area contributed by atoms with Gasteiger partial charge < -0.3 is 26.0 Å². The van der Waals surface area contributed by atoms with E-state index in [9.17, 15) is 24.6 Å². The molecule has 8 nitrogen and oxygen atoms in total. The maximum Gasteiger partial charge on any atom is 0.339 e. The number of aromatic hydroxyl groups is 1. The van der Waals surface area contributed by atoms with Gasteiger partial charge in [-0.15, -0.1) is 0 Å². The van der Waals surface area contributed by atoms with Gasteiger partial charge in [0.15, 0.2) is 0 Å². The van der Waals surface area contributed by atoms with Gasteiger partial charge in [0.25, 0.3) is 5.91 Å². The number of hydrogen-bond donors (Lipinski definition) is 4. The summed E-state index contributed by atoms with van der Waals surface area (Å²) in [6, 6.07) is 17.2. The summed E-state index contributed by atoms with van der Waals surface area (Å²) < 4.78 is 5.32. The molecule has 158 valence electrons. The first-order chi connectivity index (χ1) is 14.8. The third kappa shape index (κ3) is 5.60. The number of amides is 1. The molecule has 3 rings (SSSR count). The fourth-order valence-electron chi connectivity index (χ4n) is 2.87. The number of carbonyl (C=O) groups is 3. The van der Waals surface area contributed by atoms with Crippen molar-refractivity contribution in [2.45, 2.75) is 12.5 Å². The van der Waals surface area contributed by atoms with Gasteiger partial charge in [-0.05, 0) is 42.0 Å². The van der Waals surface area contributed by atoms with Crippen molar-refractivity contribution >= 4 is 23.5 Å². The molecule has 0 saturated carbocycles. The highest BCUT2D eigenvalue weighted by atomic mass is 16.5. The Bertz CT molecular complexity index is 1100. The number of nitrogen functional groups attached to an aromatic ring is 1. The van der Waals surface area contributed by atoms with Crippen LogP contribution in [0.2, 0.25) is 0 Å². The molecular weight excluding hydrogens is 400 g/mol. The number of nitrogens with one attached hydrogen (secondary N) is 1. The summed E-state index contributed by atoms with van der Waals surface area (Å²) in [7, 11) is 0. The lowest BCUT2D eigenvalue weighted by Gasteiger charge is -2.19. The van der Waals surface area contributed by atoms with Gasteiger partial charge in [-0.3, -0.25) is 4.79 Å². The lowest BCUT2D eigenvalue weighted by Crippen LogP contribution is -2.44. The van der Waals surface area contributed by atoms with E-state index in [0.717, 1.165) is 0 Å². The standard InChI is InChI=1S/C23H20N2O6/c24-16-8-11-18(22(28)29)20(13-16)31-23(30)19(12-14-6-9-17(26)10-7-14)25-21(27)15-4-2-1-3-5-15/h1-11,13,19,26H,12,24H2,(H,25,27)(H,28,29). The summed E-state index contributed by atoms with van der Waals surface area (Å²) in [6.07, 6.45) is 0.0579. The van der Waals surface area contributed by atoms with Crippen LogP contribution in [0.3, 0.4) is 0 Å². The average molecular weight is 420 g/mol. The average Bonchev–Trinajstić information content (AvgIpc) is 2.75. The summed E-state index contributed by atoms with van der Waals surface area (Å²) in [6.45, 7) is 0. The molecule has 0 saturated heterocycles. The Kier molecular flexibility index (Phi) is 6.51. The molecule has 0 aliphatic carbocycles.